The van der Waals surface area contributed by atoms with Gasteiger partial charge in [0.25, 0.3) is 0 Å². The Balaban J connectivity index is 2.43. The lowest BCUT2D eigenvalue weighted by molar-refractivity contribution is 0.358. The summed E-state index contributed by atoms with van der Waals surface area (Å²) in [6.45, 7) is 0.284. The summed E-state index contributed by atoms with van der Waals surface area (Å²) in [6, 6.07) is 7.31. The van der Waals surface area contributed by atoms with Gasteiger partial charge in [-0.15, -0.1) is 0 Å². The Bertz CT molecular complexity index is 263. The molecule has 3 nitrogen and oxygen atoms in total. The van der Waals surface area contributed by atoms with Crippen molar-refractivity contribution in [1.82, 2.24) is 0 Å². The summed E-state index contributed by atoms with van der Waals surface area (Å²) in [7, 11) is 1.61. The Morgan fingerprint density at radius 1 is 1.43 bits per heavy atom. The fraction of sp³-hybridized carbons (Fsp3) is 0.400. The fourth-order valence-corrected chi connectivity index (χ4v) is 1.02. The van der Waals surface area contributed by atoms with Crippen LogP contribution in [0.5, 0.6) is 5.75 Å². The SMILES string of the molecule is COc1ccc(NCC(F)CN)cc1. The van der Waals surface area contributed by atoms with Crippen molar-refractivity contribution in [3.05, 3.63) is 24.3 Å². The Morgan fingerprint density at radius 2 is 2.07 bits per heavy atom. The van der Waals surface area contributed by atoms with Crippen molar-refractivity contribution in [2.45, 2.75) is 6.17 Å². The first-order valence-electron chi connectivity index (χ1n) is 4.48. The van der Waals surface area contributed by atoms with Crippen LogP contribution < -0.4 is 15.8 Å². The minimum Gasteiger partial charge on any atom is -0.497 e. The average Bonchev–Trinajstić information content (AvgIpc) is 2.26. The predicted octanol–water partition coefficient (Wildman–Crippen LogP) is 1.40. The van der Waals surface area contributed by atoms with Gasteiger partial charge in [0.15, 0.2) is 0 Å². The van der Waals surface area contributed by atoms with E-state index < -0.39 is 6.17 Å². The molecule has 14 heavy (non-hydrogen) atoms. The second kappa shape index (κ2) is 5.44. The van der Waals surface area contributed by atoms with Gasteiger partial charge in [0.05, 0.1) is 7.11 Å². The number of hydrogen-bond donors (Lipinski definition) is 2. The van der Waals surface area contributed by atoms with Crippen LogP contribution in [0.2, 0.25) is 0 Å². The third-order valence-electron chi connectivity index (χ3n) is 1.87. The third-order valence-corrected chi connectivity index (χ3v) is 1.87. The number of methoxy groups -OCH3 is 1. The molecule has 0 amide bonds. The molecule has 0 fully saturated rings. The van der Waals surface area contributed by atoms with Gasteiger partial charge < -0.3 is 15.8 Å². The Labute approximate surface area is 83.1 Å². The van der Waals surface area contributed by atoms with Gasteiger partial charge in [-0.3, -0.25) is 0 Å². The van der Waals surface area contributed by atoms with Crippen LogP contribution in [0.3, 0.4) is 0 Å². The Morgan fingerprint density at radius 3 is 2.57 bits per heavy atom. The maximum atomic E-state index is 12.8. The normalized spacial score (nSPS) is 12.2. The van der Waals surface area contributed by atoms with Crippen LogP contribution in [-0.2, 0) is 0 Å². The zero-order valence-electron chi connectivity index (χ0n) is 8.16. The van der Waals surface area contributed by atoms with E-state index in [0.29, 0.717) is 0 Å². The molecule has 0 saturated carbocycles. The maximum absolute atomic E-state index is 12.8. The number of alkyl halides is 1. The number of halogens is 1. The van der Waals surface area contributed by atoms with Gasteiger partial charge in [-0.1, -0.05) is 0 Å². The molecule has 4 heteroatoms. The van der Waals surface area contributed by atoms with Crippen LogP contribution >= 0.6 is 0 Å². The molecule has 3 N–H and O–H groups in total. The van der Waals surface area contributed by atoms with Crippen molar-refractivity contribution < 1.29 is 9.13 Å². The monoisotopic (exact) mass is 198 g/mol. The highest BCUT2D eigenvalue weighted by atomic mass is 19.1. The Hall–Kier alpha value is -1.29. The van der Waals surface area contributed by atoms with E-state index in [-0.39, 0.29) is 13.1 Å². The predicted molar refractivity (Wildman–Crippen MR) is 55.4 cm³/mol. The van der Waals surface area contributed by atoms with Crippen molar-refractivity contribution in [1.29, 1.82) is 0 Å². The smallest absolute Gasteiger partial charge is 0.129 e. The van der Waals surface area contributed by atoms with Gasteiger partial charge in [0, 0.05) is 18.8 Å². The minimum absolute atomic E-state index is 0.0448. The number of anilines is 1. The topological polar surface area (TPSA) is 47.3 Å². The first kappa shape index (κ1) is 10.8. The molecule has 0 aliphatic heterocycles. The summed E-state index contributed by atoms with van der Waals surface area (Å²) in [6.07, 6.45) is -1.00. The maximum Gasteiger partial charge on any atom is 0.129 e. The summed E-state index contributed by atoms with van der Waals surface area (Å²) >= 11 is 0. The molecule has 1 aromatic rings. The molecular formula is C10H15FN2O. The average molecular weight is 198 g/mol. The zero-order chi connectivity index (χ0) is 10.4. The van der Waals surface area contributed by atoms with Gasteiger partial charge in [0.1, 0.15) is 11.9 Å². The van der Waals surface area contributed by atoms with Crippen LogP contribution in [-0.4, -0.2) is 26.4 Å². The highest BCUT2D eigenvalue weighted by Gasteiger charge is 2.02. The second-order valence-corrected chi connectivity index (χ2v) is 2.94. The number of nitrogens with one attached hydrogen (secondary N) is 1. The molecule has 78 valence electrons. The number of ether oxygens (including phenoxy) is 1. The molecule has 0 radical (unpaired) electrons. The summed E-state index contributed by atoms with van der Waals surface area (Å²) in [5, 5.41) is 2.94. The number of benzene rings is 1. The number of rotatable bonds is 5. The standard InChI is InChI=1S/C10H15FN2O/c1-14-10-4-2-9(3-5-10)13-7-8(11)6-12/h2-5,8,13H,6-7,12H2,1H3. The molecule has 0 spiro atoms. The van der Waals surface area contributed by atoms with Crippen molar-refractivity contribution in [2.75, 3.05) is 25.5 Å². The lowest BCUT2D eigenvalue weighted by atomic mass is 10.3. The van der Waals surface area contributed by atoms with Crippen LogP contribution in [0.25, 0.3) is 0 Å². The van der Waals surface area contributed by atoms with E-state index >= 15 is 0 Å². The Kier molecular flexibility index (Phi) is 4.19. The van der Waals surface area contributed by atoms with Crippen LogP contribution in [0.4, 0.5) is 10.1 Å². The van der Waals surface area contributed by atoms with E-state index in [4.69, 9.17) is 10.5 Å². The number of hydrogen-bond acceptors (Lipinski definition) is 3. The first-order chi connectivity index (χ1) is 6.76. The fourth-order valence-electron chi connectivity index (χ4n) is 1.02. The van der Waals surface area contributed by atoms with E-state index in [1.54, 1.807) is 7.11 Å². The highest BCUT2D eigenvalue weighted by Crippen LogP contribution is 2.14. The van der Waals surface area contributed by atoms with Crippen molar-refractivity contribution in [2.24, 2.45) is 5.73 Å². The van der Waals surface area contributed by atoms with Crippen molar-refractivity contribution >= 4 is 5.69 Å². The van der Waals surface area contributed by atoms with Crippen LogP contribution in [0, 0.1) is 0 Å². The summed E-state index contributed by atoms with van der Waals surface area (Å²) in [5.74, 6) is 0.783. The third kappa shape index (κ3) is 3.22. The molecule has 0 aliphatic rings. The minimum atomic E-state index is -1.00. The molecule has 0 heterocycles. The van der Waals surface area contributed by atoms with E-state index in [9.17, 15) is 4.39 Å². The molecular weight excluding hydrogens is 183 g/mol. The van der Waals surface area contributed by atoms with E-state index in [1.807, 2.05) is 24.3 Å². The summed E-state index contributed by atoms with van der Waals surface area (Å²) < 4.78 is 17.7. The van der Waals surface area contributed by atoms with E-state index in [1.165, 1.54) is 0 Å². The quantitative estimate of drug-likeness (QED) is 0.752. The molecule has 1 unspecified atom stereocenters. The van der Waals surface area contributed by atoms with E-state index in [0.717, 1.165) is 11.4 Å². The van der Waals surface area contributed by atoms with E-state index in [2.05, 4.69) is 5.32 Å². The van der Waals surface area contributed by atoms with Crippen LogP contribution in [0.15, 0.2) is 24.3 Å². The lowest BCUT2D eigenvalue weighted by Gasteiger charge is -2.09. The molecule has 1 atom stereocenters. The van der Waals surface area contributed by atoms with Gasteiger partial charge in [0.2, 0.25) is 0 Å². The molecule has 0 bridgehead atoms. The lowest BCUT2D eigenvalue weighted by Crippen LogP contribution is -2.23. The summed E-state index contributed by atoms with van der Waals surface area (Å²) in [5.41, 5.74) is 6.01. The van der Waals surface area contributed by atoms with Gasteiger partial charge in [-0.2, -0.15) is 0 Å². The van der Waals surface area contributed by atoms with Gasteiger partial charge in [-0.25, -0.2) is 4.39 Å². The molecule has 0 saturated heterocycles. The first-order valence-corrected chi connectivity index (χ1v) is 4.48. The largest absolute Gasteiger partial charge is 0.497 e. The number of nitrogens with two attached hydrogens (primary N) is 1. The van der Waals surface area contributed by atoms with Crippen molar-refractivity contribution in [3.63, 3.8) is 0 Å². The summed E-state index contributed by atoms with van der Waals surface area (Å²) in [4.78, 5) is 0. The molecule has 1 aromatic carbocycles. The van der Waals surface area contributed by atoms with Crippen LogP contribution in [0.1, 0.15) is 0 Å². The van der Waals surface area contributed by atoms with Gasteiger partial charge >= 0.3 is 0 Å². The molecule has 0 aliphatic carbocycles. The zero-order valence-corrected chi connectivity index (χ0v) is 8.16. The van der Waals surface area contributed by atoms with Crippen molar-refractivity contribution in [3.8, 4) is 5.75 Å². The second-order valence-electron chi connectivity index (χ2n) is 2.94. The highest BCUT2D eigenvalue weighted by molar-refractivity contribution is 5.46. The van der Waals surface area contributed by atoms with Gasteiger partial charge in [-0.05, 0) is 24.3 Å². The molecule has 0 aromatic heterocycles. The molecule has 1 rings (SSSR count).